The Morgan fingerprint density at radius 2 is 2.19 bits per heavy atom. The smallest absolute Gasteiger partial charge is 0.257 e. The standard InChI is InChI=1S/C8H14N4O4/c1-7(15)9-8-6-12(10-16-8)11(2-4-13)3-5-14/h6,13-14H,2-5H2,1H3. The fraction of sp³-hybridized carbons (Fsp3) is 0.625. The van der Waals surface area contributed by atoms with Crippen LogP contribution in [0.4, 0.5) is 5.88 Å². The number of carbonyl (C=O) groups excluding carboxylic acids is 1. The first-order valence-electron chi connectivity index (χ1n) is 4.75. The van der Waals surface area contributed by atoms with Gasteiger partial charge in [0.05, 0.1) is 37.0 Å². The molecule has 0 bridgehead atoms. The summed E-state index contributed by atoms with van der Waals surface area (Å²) in [5.74, 6) is -0.312. The highest BCUT2D eigenvalue weighted by Gasteiger charge is 2.16. The van der Waals surface area contributed by atoms with Gasteiger partial charge in [0.1, 0.15) is 5.88 Å². The Balaban J connectivity index is 2.68. The maximum absolute atomic E-state index is 10.7. The summed E-state index contributed by atoms with van der Waals surface area (Å²) < 4.78 is 4.77. The van der Waals surface area contributed by atoms with Crippen molar-refractivity contribution in [2.75, 3.05) is 31.3 Å². The lowest BCUT2D eigenvalue weighted by Crippen LogP contribution is -2.60. The van der Waals surface area contributed by atoms with Gasteiger partial charge in [0, 0.05) is 0 Å². The second-order valence-electron chi connectivity index (χ2n) is 2.99. The van der Waals surface area contributed by atoms with Crippen molar-refractivity contribution >= 4 is 11.8 Å². The van der Waals surface area contributed by atoms with E-state index in [0.29, 0.717) is 0 Å². The molecular formula is C8H14N4O4. The number of nitrogens with zero attached hydrogens (tertiary/aromatic N) is 4. The predicted molar refractivity (Wildman–Crippen MR) is 52.5 cm³/mol. The minimum Gasteiger partial charge on any atom is -0.589 e. The number of hydrogen-bond acceptors (Lipinski definition) is 6. The van der Waals surface area contributed by atoms with E-state index in [1.54, 1.807) is 5.01 Å². The van der Waals surface area contributed by atoms with E-state index in [9.17, 15) is 4.79 Å². The average Bonchev–Trinajstić information content (AvgIpc) is 2.65. The summed E-state index contributed by atoms with van der Waals surface area (Å²) in [7, 11) is 0. The largest absolute Gasteiger partial charge is 0.589 e. The number of aliphatic hydroxyl groups is 2. The molecule has 1 aromatic rings. The third kappa shape index (κ3) is 3.48. The van der Waals surface area contributed by atoms with Crippen molar-refractivity contribution in [3.8, 4) is 0 Å². The van der Waals surface area contributed by atoms with Crippen molar-refractivity contribution in [1.82, 2.24) is 5.27 Å². The molecule has 0 unspecified atom stereocenters. The van der Waals surface area contributed by atoms with Crippen LogP contribution in [0.15, 0.2) is 10.7 Å². The molecule has 1 amide bonds. The molecule has 8 nitrogen and oxygen atoms in total. The van der Waals surface area contributed by atoms with E-state index in [2.05, 4.69) is 10.6 Å². The Morgan fingerprint density at radius 3 is 2.69 bits per heavy atom. The molecule has 0 saturated heterocycles. The van der Waals surface area contributed by atoms with Crippen LogP contribution in [0.3, 0.4) is 0 Å². The van der Waals surface area contributed by atoms with E-state index in [1.165, 1.54) is 17.9 Å². The maximum atomic E-state index is 10.7. The second kappa shape index (κ2) is 6.03. The topological polar surface area (TPSA) is 105 Å². The fourth-order valence-corrected chi connectivity index (χ4v) is 1.11. The Hall–Kier alpha value is -1.67. The van der Waals surface area contributed by atoms with Gasteiger partial charge in [-0.2, -0.15) is 0 Å². The lowest BCUT2D eigenvalue weighted by atomic mass is 10.6. The molecule has 90 valence electrons. The Bertz CT molecular complexity index is 335. The average molecular weight is 230 g/mol. The summed E-state index contributed by atoms with van der Waals surface area (Å²) in [6.07, 6.45) is 1.40. The minimum atomic E-state index is -0.390. The van der Waals surface area contributed by atoms with Gasteiger partial charge in [0.2, 0.25) is 5.27 Å². The third-order valence-electron chi connectivity index (χ3n) is 1.72. The number of carbonyl (C=O) groups is 1. The summed E-state index contributed by atoms with van der Waals surface area (Å²) in [5, 5.41) is 26.3. The van der Waals surface area contributed by atoms with Gasteiger partial charge in [-0.05, 0) is 6.92 Å². The third-order valence-corrected chi connectivity index (χ3v) is 1.72. The molecule has 0 saturated carbocycles. The minimum absolute atomic E-state index is 0.0772. The number of rotatable bonds is 6. The first-order valence-corrected chi connectivity index (χ1v) is 4.75. The molecule has 1 aromatic heterocycles. The molecule has 1 heterocycles. The zero-order valence-electron chi connectivity index (χ0n) is 8.91. The van der Waals surface area contributed by atoms with E-state index in [-0.39, 0.29) is 38.1 Å². The van der Waals surface area contributed by atoms with Crippen LogP contribution in [0, 0.1) is 0 Å². The molecule has 0 aliphatic heterocycles. The molecule has 0 aliphatic carbocycles. The van der Waals surface area contributed by atoms with E-state index < -0.39 is 0 Å². The first kappa shape index (κ1) is 12.4. The van der Waals surface area contributed by atoms with Crippen molar-refractivity contribution in [2.45, 2.75) is 6.92 Å². The summed E-state index contributed by atoms with van der Waals surface area (Å²) >= 11 is 0. The highest BCUT2D eigenvalue weighted by molar-refractivity contribution is 5.92. The van der Waals surface area contributed by atoms with E-state index >= 15 is 0 Å². The van der Waals surface area contributed by atoms with Crippen molar-refractivity contribution < 1.29 is 24.3 Å². The van der Waals surface area contributed by atoms with Crippen LogP contribution < -0.4 is 9.80 Å². The number of amides is 1. The lowest BCUT2D eigenvalue weighted by Gasteiger charge is -2.10. The SMILES string of the molecule is CC(=O)[N-]c1c[n+](N(CCO)CCO)no1. The van der Waals surface area contributed by atoms with Crippen molar-refractivity contribution in [3.63, 3.8) is 0 Å². The molecule has 0 spiro atoms. The van der Waals surface area contributed by atoms with Crippen LogP contribution in [-0.4, -0.2) is 47.7 Å². The second-order valence-corrected chi connectivity index (χ2v) is 2.99. The van der Waals surface area contributed by atoms with Gasteiger partial charge in [0.15, 0.2) is 0 Å². The molecule has 0 fully saturated rings. The van der Waals surface area contributed by atoms with Gasteiger partial charge in [-0.1, -0.05) is 0 Å². The van der Waals surface area contributed by atoms with Crippen LogP contribution in [0.25, 0.3) is 5.32 Å². The van der Waals surface area contributed by atoms with Gasteiger partial charge in [-0.3, -0.25) is 0 Å². The Morgan fingerprint density at radius 1 is 1.56 bits per heavy atom. The summed E-state index contributed by atoms with van der Waals surface area (Å²) in [5.41, 5.74) is 0. The van der Waals surface area contributed by atoms with Gasteiger partial charge >= 0.3 is 0 Å². The predicted octanol–water partition coefficient (Wildman–Crippen LogP) is -1.56. The highest BCUT2D eigenvalue weighted by Crippen LogP contribution is 2.13. The molecule has 2 N–H and O–H groups in total. The van der Waals surface area contributed by atoms with Crippen LogP contribution in [-0.2, 0) is 4.79 Å². The van der Waals surface area contributed by atoms with Crippen molar-refractivity contribution in [2.24, 2.45) is 0 Å². The van der Waals surface area contributed by atoms with E-state index in [4.69, 9.17) is 14.7 Å². The van der Waals surface area contributed by atoms with Crippen LogP contribution >= 0.6 is 0 Å². The van der Waals surface area contributed by atoms with Crippen LogP contribution in [0.1, 0.15) is 6.92 Å². The van der Waals surface area contributed by atoms with Crippen LogP contribution in [0.2, 0.25) is 0 Å². The molecule has 8 heteroatoms. The summed E-state index contributed by atoms with van der Waals surface area (Å²) in [6, 6.07) is 0. The van der Waals surface area contributed by atoms with Gasteiger partial charge in [-0.25, -0.2) is 0 Å². The molecule has 0 aliphatic rings. The quantitative estimate of drug-likeness (QED) is 0.572. The zero-order valence-corrected chi connectivity index (χ0v) is 8.91. The molecule has 0 radical (unpaired) electrons. The molecule has 0 atom stereocenters. The normalized spacial score (nSPS) is 10.2. The summed E-state index contributed by atoms with van der Waals surface area (Å²) in [4.78, 5) is 12.0. The lowest BCUT2D eigenvalue weighted by molar-refractivity contribution is -0.758. The van der Waals surface area contributed by atoms with E-state index in [1.807, 2.05) is 0 Å². The van der Waals surface area contributed by atoms with E-state index in [0.717, 1.165) is 0 Å². The maximum Gasteiger partial charge on any atom is 0.257 e. The van der Waals surface area contributed by atoms with Crippen LogP contribution in [0.5, 0.6) is 0 Å². The molecular weight excluding hydrogens is 216 g/mol. The highest BCUT2D eigenvalue weighted by atomic mass is 16.5. The summed E-state index contributed by atoms with van der Waals surface area (Å²) in [6.45, 7) is 1.71. The van der Waals surface area contributed by atoms with Gasteiger partial charge in [-0.15, -0.1) is 5.01 Å². The number of aliphatic hydroxyl groups excluding tert-OH is 2. The van der Waals surface area contributed by atoms with Gasteiger partial charge in [0.25, 0.3) is 6.20 Å². The molecule has 0 aromatic carbocycles. The van der Waals surface area contributed by atoms with Crippen molar-refractivity contribution in [3.05, 3.63) is 11.5 Å². The molecule has 16 heavy (non-hydrogen) atoms. The fourth-order valence-electron chi connectivity index (χ4n) is 1.11. The Kier molecular flexibility index (Phi) is 4.67. The first-order chi connectivity index (χ1) is 7.67. The molecule has 1 rings (SSSR count). The number of aromatic nitrogens is 2. The number of hydrogen-bond donors (Lipinski definition) is 2. The monoisotopic (exact) mass is 230 g/mol. The van der Waals surface area contributed by atoms with Crippen molar-refractivity contribution in [1.29, 1.82) is 0 Å². The Labute approximate surface area is 92.0 Å². The zero-order chi connectivity index (χ0) is 12.0. The van der Waals surface area contributed by atoms with Gasteiger partial charge < -0.3 is 24.8 Å².